The van der Waals surface area contributed by atoms with Gasteiger partial charge in [-0.25, -0.2) is 4.98 Å². The number of carbonyl (C=O) groups excluding carboxylic acids is 1. The van der Waals surface area contributed by atoms with E-state index in [1.165, 1.54) is 0 Å². The summed E-state index contributed by atoms with van der Waals surface area (Å²) in [4.78, 5) is 23.0. The zero-order valence-corrected chi connectivity index (χ0v) is 14.0. The van der Waals surface area contributed by atoms with E-state index in [1.54, 1.807) is 25.1 Å². The predicted molar refractivity (Wildman–Crippen MR) is 84.6 cm³/mol. The molecule has 0 saturated carbocycles. The molecule has 0 radical (unpaired) electrons. The van der Waals surface area contributed by atoms with Gasteiger partial charge in [0, 0.05) is 30.8 Å². The van der Waals surface area contributed by atoms with Crippen LogP contribution in [0.5, 0.6) is 0 Å². The summed E-state index contributed by atoms with van der Waals surface area (Å²) in [5.41, 5.74) is 0.194. The molecule has 4 rings (SSSR count). The smallest absolute Gasteiger partial charge is 0.272 e. The van der Waals surface area contributed by atoms with E-state index in [2.05, 4.69) is 15.1 Å². The molecular weight excluding hydrogens is 332 g/mol. The van der Waals surface area contributed by atoms with Gasteiger partial charge >= 0.3 is 0 Å². The van der Waals surface area contributed by atoms with Crippen LogP contribution >= 0.6 is 11.6 Å². The van der Waals surface area contributed by atoms with Gasteiger partial charge in [-0.3, -0.25) is 4.79 Å². The number of hydrogen-bond acceptors (Lipinski definition) is 6. The highest BCUT2D eigenvalue weighted by molar-refractivity contribution is 6.29. The maximum atomic E-state index is 12.7. The van der Waals surface area contributed by atoms with Crippen LogP contribution < -0.4 is 0 Å². The first kappa shape index (κ1) is 15.5. The van der Waals surface area contributed by atoms with Crippen LogP contribution in [0.1, 0.15) is 22.2 Å². The van der Waals surface area contributed by atoms with Crippen molar-refractivity contribution in [3.05, 3.63) is 40.8 Å². The summed E-state index contributed by atoms with van der Waals surface area (Å²) in [5, 5.41) is 4.17. The van der Waals surface area contributed by atoms with Gasteiger partial charge in [0.15, 0.2) is 5.82 Å². The Morgan fingerprint density at radius 3 is 3.08 bits per heavy atom. The van der Waals surface area contributed by atoms with Crippen molar-refractivity contribution in [3.63, 3.8) is 0 Å². The summed E-state index contributed by atoms with van der Waals surface area (Å²) in [5.74, 6) is 1.37. The van der Waals surface area contributed by atoms with Gasteiger partial charge in [0.25, 0.3) is 5.91 Å². The van der Waals surface area contributed by atoms with Crippen molar-refractivity contribution in [2.45, 2.75) is 13.3 Å². The minimum atomic E-state index is -0.173. The fourth-order valence-electron chi connectivity index (χ4n) is 3.64. The first-order chi connectivity index (χ1) is 11.6. The molecule has 8 heteroatoms. The quantitative estimate of drug-likeness (QED) is 0.786. The number of likely N-dealkylation sites (tertiary alicyclic amines) is 1. The van der Waals surface area contributed by atoms with E-state index in [-0.39, 0.29) is 17.2 Å². The third-order valence-corrected chi connectivity index (χ3v) is 5.03. The summed E-state index contributed by atoms with van der Waals surface area (Å²) in [7, 11) is 0. The zero-order valence-electron chi connectivity index (χ0n) is 13.2. The Morgan fingerprint density at radius 1 is 1.46 bits per heavy atom. The number of ether oxygens (including phenoxy) is 1. The monoisotopic (exact) mass is 348 g/mol. The SMILES string of the molecule is Cc1noc(C[C@]23COC[C@H]2CN(C(=O)c2cccc(Cl)n2)C3)n1. The molecule has 0 bridgehead atoms. The first-order valence-corrected chi connectivity index (χ1v) is 8.22. The second-order valence-electron chi connectivity index (χ2n) is 6.52. The van der Waals surface area contributed by atoms with E-state index in [0.717, 1.165) is 0 Å². The molecule has 2 aliphatic heterocycles. The molecule has 2 aromatic heterocycles. The molecule has 2 saturated heterocycles. The number of hydrogen-bond donors (Lipinski definition) is 0. The fourth-order valence-corrected chi connectivity index (χ4v) is 3.80. The summed E-state index contributed by atoms with van der Waals surface area (Å²) in [6.07, 6.45) is 0.616. The van der Waals surface area contributed by atoms with Gasteiger partial charge in [0.1, 0.15) is 10.8 Å². The number of rotatable bonds is 3. The maximum absolute atomic E-state index is 12.7. The molecule has 0 unspecified atom stereocenters. The van der Waals surface area contributed by atoms with Crippen molar-refractivity contribution < 1.29 is 14.1 Å². The molecule has 2 fully saturated rings. The van der Waals surface area contributed by atoms with Gasteiger partial charge in [-0.05, 0) is 19.1 Å². The lowest BCUT2D eigenvalue weighted by atomic mass is 9.78. The average molecular weight is 349 g/mol. The third kappa shape index (κ3) is 2.67. The second kappa shape index (κ2) is 5.82. The highest BCUT2D eigenvalue weighted by Gasteiger charge is 2.52. The molecule has 2 atom stereocenters. The standard InChI is InChI=1S/C16H17ClN4O3/c1-10-18-14(24-20-10)5-16-8-21(6-11(16)7-23-9-16)15(22)12-3-2-4-13(17)19-12/h2-4,11H,5-9H2,1H3/t11-,16+/m1/s1. The topological polar surface area (TPSA) is 81.4 Å². The molecule has 1 amide bonds. The van der Waals surface area contributed by atoms with Crippen molar-refractivity contribution in [1.29, 1.82) is 0 Å². The van der Waals surface area contributed by atoms with Gasteiger partial charge in [0.05, 0.1) is 13.2 Å². The number of nitrogens with zero attached hydrogens (tertiary/aromatic N) is 4. The molecule has 2 aliphatic rings. The van der Waals surface area contributed by atoms with E-state index in [9.17, 15) is 4.79 Å². The fraction of sp³-hybridized carbons (Fsp3) is 0.500. The molecule has 4 heterocycles. The highest BCUT2D eigenvalue weighted by Crippen LogP contribution is 2.43. The Kier molecular flexibility index (Phi) is 3.77. The Hall–Kier alpha value is -1.99. The van der Waals surface area contributed by atoms with Crippen LogP contribution in [0.2, 0.25) is 5.15 Å². The third-order valence-electron chi connectivity index (χ3n) is 4.82. The molecular formula is C16H17ClN4O3. The number of pyridine rings is 1. The van der Waals surface area contributed by atoms with Crippen molar-refractivity contribution in [2.75, 3.05) is 26.3 Å². The molecule has 24 heavy (non-hydrogen) atoms. The Labute approximate surface area is 144 Å². The molecule has 0 aliphatic carbocycles. The van der Waals surface area contributed by atoms with Crippen molar-refractivity contribution in [1.82, 2.24) is 20.0 Å². The van der Waals surface area contributed by atoms with Crippen LogP contribution in [0.15, 0.2) is 22.7 Å². The van der Waals surface area contributed by atoms with Gasteiger partial charge in [-0.1, -0.05) is 22.8 Å². The number of amides is 1. The number of aryl methyl sites for hydroxylation is 1. The first-order valence-electron chi connectivity index (χ1n) is 7.84. The van der Waals surface area contributed by atoms with E-state index >= 15 is 0 Å². The van der Waals surface area contributed by atoms with Gasteiger partial charge in [-0.2, -0.15) is 4.98 Å². The molecule has 0 aromatic carbocycles. The van der Waals surface area contributed by atoms with Gasteiger partial charge < -0.3 is 14.2 Å². The van der Waals surface area contributed by atoms with Crippen molar-refractivity contribution in [3.8, 4) is 0 Å². The molecule has 0 spiro atoms. The van der Waals surface area contributed by atoms with Crippen molar-refractivity contribution >= 4 is 17.5 Å². The maximum Gasteiger partial charge on any atom is 0.272 e. The molecule has 0 N–H and O–H groups in total. The van der Waals surface area contributed by atoms with Gasteiger partial charge in [0.2, 0.25) is 5.89 Å². The molecule has 7 nitrogen and oxygen atoms in total. The minimum Gasteiger partial charge on any atom is -0.380 e. The largest absolute Gasteiger partial charge is 0.380 e. The normalized spacial score (nSPS) is 25.9. The van der Waals surface area contributed by atoms with Crippen LogP contribution in [-0.4, -0.2) is 52.2 Å². The Bertz CT molecular complexity index is 780. The number of carbonyl (C=O) groups is 1. The van der Waals surface area contributed by atoms with Crippen LogP contribution in [-0.2, 0) is 11.2 Å². The van der Waals surface area contributed by atoms with Crippen molar-refractivity contribution in [2.24, 2.45) is 11.3 Å². The lowest BCUT2D eigenvalue weighted by Crippen LogP contribution is -2.35. The Morgan fingerprint density at radius 2 is 2.33 bits per heavy atom. The minimum absolute atomic E-state index is 0.104. The van der Waals surface area contributed by atoms with Crippen LogP contribution in [0.4, 0.5) is 0 Å². The summed E-state index contributed by atoms with van der Waals surface area (Å²) >= 11 is 5.90. The number of aromatic nitrogens is 3. The summed E-state index contributed by atoms with van der Waals surface area (Å²) in [6, 6.07) is 5.08. The van der Waals surface area contributed by atoms with E-state index in [4.69, 9.17) is 20.9 Å². The van der Waals surface area contributed by atoms with E-state index in [1.807, 2.05) is 4.90 Å². The number of halogens is 1. The van der Waals surface area contributed by atoms with E-state index < -0.39 is 0 Å². The Balaban J connectivity index is 1.55. The molecule has 126 valence electrons. The van der Waals surface area contributed by atoms with Crippen LogP contribution in [0, 0.1) is 18.3 Å². The highest BCUT2D eigenvalue weighted by atomic mass is 35.5. The van der Waals surface area contributed by atoms with E-state index in [0.29, 0.717) is 55.3 Å². The second-order valence-corrected chi connectivity index (χ2v) is 6.91. The predicted octanol–water partition coefficient (Wildman–Crippen LogP) is 1.76. The number of fused-ring (bicyclic) bond motifs is 1. The molecule has 2 aromatic rings. The zero-order chi connectivity index (χ0) is 16.7. The summed E-state index contributed by atoms with van der Waals surface area (Å²) < 4.78 is 11.0. The lowest BCUT2D eigenvalue weighted by molar-refractivity contribution is 0.0708. The van der Waals surface area contributed by atoms with Crippen LogP contribution in [0.25, 0.3) is 0 Å². The van der Waals surface area contributed by atoms with Gasteiger partial charge in [-0.15, -0.1) is 0 Å². The average Bonchev–Trinajstić information content (AvgIpc) is 3.21. The lowest BCUT2D eigenvalue weighted by Gasteiger charge is -2.25. The van der Waals surface area contributed by atoms with Crippen LogP contribution in [0.3, 0.4) is 0 Å². The summed E-state index contributed by atoms with van der Waals surface area (Å²) in [6.45, 7) is 4.25.